The Kier molecular flexibility index (Phi) is 4.41. The van der Waals surface area contributed by atoms with Crippen LogP contribution in [0.25, 0.3) is 11.0 Å². The summed E-state index contributed by atoms with van der Waals surface area (Å²) in [4.78, 5) is 17.0. The number of fused-ring (bicyclic) bond motifs is 1. The molecule has 4 aromatic rings. The fraction of sp³-hybridized carbons (Fsp3) is 0.100. The van der Waals surface area contributed by atoms with E-state index in [1.807, 2.05) is 66.9 Å². The number of ether oxygens (including phenoxy) is 1. The molecule has 2 heterocycles. The Morgan fingerprint density at radius 3 is 2.69 bits per heavy atom. The van der Waals surface area contributed by atoms with Gasteiger partial charge in [-0.25, -0.2) is 4.98 Å². The van der Waals surface area contributed by atoms with Crippen LogP contribution in [0.4, 0.5) is 5.13 Å². The third-order valence-electron chi connectivity index (χ3n) is 3.87. The van der Waals surface area contributed by atoms with Crippen LogP contribution in [0.3, 0.4) is 0 Å². The first-order chi connectivity index (χ1) is 12.7. The van der Waals surface area contributed by atoms with Gasteiger partial charge in [0.15, 0.2) is 10.9 Å². The van der Waals surface area contributed by atoms with Crippen molar-refractivity contribution >= 4 is 33.3 Å². The summed E-state index contributed by atoms with van der Waals surface area (Å²) in [6.07, 6.45) is 0. The largest absolute Gasteiger partial charge is 0.489 e. The summed E-state index contributed by atoms with van der Waals surface area (Å²) in [6, 6.07) is 17.0. The molecule has 6 heteroatoms. The molecule has 4 rings (SSSR count). The number of hydrogen-bond acceptors (Lipinski definition) is 5. The molecule has 0 spiro atoms. The van der Waals surface area contributed by atoms with Crippen LogP contribution in [0.5, 0.6) is 5.75 Å². The second-order valence-corrected chi connectivity index (χ2v) is 6.61. The van der Waals surface area contributed by atoms with E-state index in [-0.39, 0.29) is 18.3 Å². The minimum Gasteiger partial charge on any atom is -0.489 e. The van der Waals surface area contributed by atoms with Crippen molar-refractivity contribution in [2.24, 2.45) is 0 Å². The van der Waals surface area contributed by atoms with Crippen LogP contribution in [0.15, 0.2) is 64.4 Å². The van der Waals surface area contributed by atoms with Crippen molar-refractivity contribution in [1.29, 1.82) is 0 Å². The highest BCUT2D eigenvalue weighted by Gasteiger charge is 2.21. The van der Waals surface area contributed by atoms with E-state index in [0.717, 1.165) is 22.4 Å². The number of hydrogen-bond donors (Lipinski definition) is 1. The van der Waals surface area contributed by atoms with Gasteiger partial charge < -0.3 is 9.15 Å². The number of aromatic nitrogens is 1. The molecule has 0 bridgehead atoms. The summed E-state index contributed by atoms with van der Waals surface area (Å²) in [5, 5.41) is 6.09. The number of furan rings is 1. The molecular weight excluding hydrogens is 348 g/mol. The highest BCUT2D eigenvalue weighted by atomic mass is 32.1. The Bertz CT molecular complexity index is 1050. The van der Waals surface area contributed by atoms with E-state index in [1.54, 1.807) is 0 Å². The van der Waals surface area contributed by atoms with Gasteiger partial charge in [0.05, 0.1) is 5.69 Å². The minimum absolute atomic E-state index is 0.237. The van der Waals surface area contributed by atoms with Crippen molar-refractivity contribution < 1.29 is 13.9 Å². The van der Waals surface area contributed by atoms with E-state index in [9.17, 15) is 4.79 Å². The monoisotopic (exact) mass is 364 g/mol. The molecule has 0 saturated heterocycles. The average Bonchev–Trinajstić information content (AvgIpc) is 3.24. The number of thiazole rings is 1. The molecule has 1 N–H and O–H groups in total. The summed E-state index contributed by atoms with van der Waals surface area (Å²) >= 11 is 1.38. The van der Waals surface area contributed by atoms with Gasteiger partial charge in [0.1, 0.15) is 17.9 Å². The van der Waals surface area contributed by atoms with E-state index >= 15 is 0 Å². The predicted octanol–water partition coefficient (Wildman–Crippen LogP) is 5.03. The fourth-order valence-electron chi connectivity index (χ4n) is 2.66. The second kappa shape index (κ2) is 7.01. The molecule has 0 unspecified atom stereocenters. The van der Waals surface area contributed by atoms with Gasteiger partial charge in [-0.1, -0.05) is 36.4 Å². The minimum atomic E-state index is -0.331. The molecule has 0 aliphatic heterocycles. The Labute approximate surface area is 154 Å². The van der Waals surface area contributed by atoms with Crippen LogP contribution in [0.2, 0.25) is 0 Å². The third kappa shape index (κ3) is 3.32. The quantitative estimate of drug-likeness (QED) is 0.539. The van der Waals surface area contributed by atoms with Gasteiger partial charge >= 0.3 is 0 Å². The number of nitrogens with zero attached hydrogens (tertiary/aromatic N) is 1. The smallest absolute Gasteiger partial charge is 0.293 e. The number of benzene rings is 2. The molecule has 2 aromatic carbocycles. The zero-order chi connectivity index (χ0) is 17.9. The number of para-hydroxylation sites is 2. The zero-order valence-electron chi connectivity index (χ0n) is 14.1. The van der Waals surface area contributed by atoms with Crippen LogP contribution in [0, 0.1) is 6.92 Å². The van der Waals surface area contributed by atoms with E-state index in [0.29, 0.717) is 10.7 Å². The number of aryl methyl sites for hydroxylation is 1. The molecule has 0 aliphatic carbocycles. The standard InChI is InChI=1S/C20H16N2O3S/c1-13-12-26-20(21-13)22-19(23)18-16(11-24-14-7-3-2-4-8-14)15-9-5-6-10-17(15)25-18/h2-10,12H,11H2,1H3,(H,21,22,23). The summed E-state index contributed by atoms with van der Waals surface area (Å²) < 4.78 is 11.7. The van der Waals surface area contributed by atoms with Crippen molar-refractivity contribution in [2.75, 3.05) is 5.32 Å². The van der Waals surface area contributed by atoms with Gasteiger partial charge in [0.2, 0.25) is 0 Å². The molecular formula is C20H16N2O3S. The first-order valence-electron chi connectivity index (χ1n) is 8.12. The van der Waals surface area contributed by atoms with Crippen LogP contribution >= 0.6 is 11.3 Å². The third-order valence-corrected chi connectivity index (χ3v) is 4.75. The van der Waals surface area contributed by atoms with Crippen LogP contribution < -0.4 is 10.1 Å². The van der Waals surface area contributed by atoms with E-state index < -0.39 is 0 Å². The molecule has 2 aromatic heterocycles. The maximum Gasteiger partial charge on any atom is 0.293 e. The van der Waals surface area contributed by atoms with Gasteiger partial charge in [0.25, 0.3) is 5.91 Å². The lowest BCUT2D eigenvalue weighted by molar-refractivity contribution is 0.0995. The lowest BCUT2D eigenvalue weighted by Crippen LogP contribution is -2.13. The second-order valence-electron chi connectivity index (χ2n) is 5.76. The number of carbonyl (C=O) groups is 1. The highest BCUT2D eigenvalue weighted by molar-refractivity contribution is 7.13. The molecule has 0 aliphatic rings. The maximum atomic E-state index is 12.7. The number of anilines is 1. The van der Waals surface area contributed by atoms with Gasteiger partial charge in [-0.3, -0.25) is 10.1 Å². The molecule has 0 atom stereocenters. The normalized spacial score (nSPS) is 10.8. The summed E-state index contributed by atoms with van der Waals surface area (Å²) in [5.74, 6) is 0.650. The van der Waals surface area contributed by atoms with Crippen molar-refractivity contribution in [3.8, 4) is 5.75 Å². The van der Waals surface area contributed by atoms with Crippen molar-refractivity contribution in [1.82, 2.24) is 4.98 Å². The van der Waals surface area contributed by atoms with Crippen molar-refractivity contribution in [3.05, 3.63) is 77.0 Å². The van der Waals surface area contributed by atoms with E-state index in [2.05, 4.69) is 10.3 Å². The lowest BCUT2D eigenvalue weighted by atomic mass is 10.1. The number of carbonyl (C=O) groups excluding carboxylic acids is 1. The van der Waals surface area contributed by atoms with Crippen molar-refractivity contribution in [3.63, 3.8) is 0 Å². The Hall–Kier alpha value is -3.12. The number of nitrogens with one attached hydrogen (secondary N) is 1. The van der Waals surface area contributed by atoms with Crippen LogP contribution in [-0.4, -0.2) is 10.9 Å². The Balaban J connectivity index is 1.65. The Morgan fingerprint density at radius 2 is 1.92 bits per heavy atom. The molecule has 0 radical (unpaired) electrons. The number of rotatable bonds is 5. The Morgan fingerprint density at radius 1 is 1.15 bits per heavy atom. The summed E-state index contributed by atoms with van der Waals surface area (Å²) in [6.45, 7) is 2.12. The molecule has 0 saturated carbocycles. The van der Waals surface area contributed by atoms with Gasteiger partial charge in [-0.05, 0) is 25.1 Å². The van der Waals surface area contributed by atoms with E-state index in [1.165, 1.54) is 11.3 Å². The average molecular weight is 364 g/mol. The van der Waals surface area contributed by atoms with Gasteiger partial charge in [0, 0.05) is 16.3 Å². The highest BCUT2D eigenvalue weighted by Crippen LogP contribution is 2.28. The summed E-state index contributed by atoms with van der Waals surface area (Å²) in [7, 11) is 0. The zero-order valence-corrected chi connectivity index (χ0v) is 14.9. The van der Waals surface area contributed by atoms with Gasteiger partial charge in [-0.2, -0.15) is 0 Å². The number of amides is 1. The van der Waals surface area contributed by atoms with E-state index in [4.69, 9.17) is 9.15 Å². The molecule has 5 nitrogen and oxygen atoms in total. The maximum absolute atomic E-state index is 12.7. The first-order valence-corrected chi connectivity index (χ1v) is 9.00. The lowest BCUT2D eigenvalue weighted by Gasteiger charge is -2.06. The molecule has 1 amide bonds. The fourth-order valence-corrected chi connectivity index (χ4v) is 3.35. The van der Waals surface area contributed by atoms with Crippen LogP contribution in [0.1, 0.15) is 21.8 Å². The van der Waals surface area contributed by atoms with Crippen molar-refractivity contribution in [2.45, 2.75) is 13.5 Å². The molecule has 26 heavy (non-hydrogen) atoms. The molecule has 130 valence electrons. The summed E-state index contributed by atoms with van der Waals surface area (Å²) in [5.41, 5.74) is 2.23. The molecule has 0 fully saturated rings. The van der Waals surface area contributed by atoms with Crippen LogP contribution in [-0.2, 0) is 6.61 Å². The first kappa shape index (κ1) is 16.4. The SMILES string of the molecule is Cc1csc(NC(=O)c2oc3ccccc3c2COc2ccccc2)n1. The topological polar surface area (TPSA) is 64.4 Å². The van der Waals surface area contributed by atoms with Gasteiger partial charge in [-0.15, -0.1) is 11.3 Å². The predicted molar refractivity (Wildman–Crippen MR) is 102 cm³/mol.